The molecule has 1 amide bonds. The van der Waals surface area contributed by atoms with Gasteiger partial charge in [-0.25, -0.2) is 17.5 Å². The summed E-state index contributed by atoms with van der Waals surface area (Å²) in [6.07, 6.45) is -4.83. The molecule has 0 bridgehead atoms. The van der Waals surface area contributed by atoms with E-state index < -0.39 is 44.9 Å². The van der Waals surface area contributed by atoms with Crippen LogP contribution in [-0.2, 0) is 21.0 Å². The summed E-state index contributed by atoms with van der Waals surface area (Å²) < 4.78 is 78.7. The largest absolute Gasteiger partial charge is 0.416 e. The Morgan fingerprint density at radius 2 is 1.63 bits per heavy atom. The van der Waals surface area contributed by atoms with E-state index in [9.17, 15) is 30.8 Å². The number of sulfonamides is 1. The van der Waals surface area contributed by atoms with Gasteiger partial charge in [0.15, 0.2) is 0 Å². The zero-order valence-corrected chi connectivity index (χ0v) is 16.5. The van der Waals surface area contributed by atoms with Crippen LogP contribution in [0.5, 0.6) is 0 Å². The molecule has 0 saturated carbocycles. The number of hydrogen-bond acceptors (Lipinski definition) is 4. The molecule has 11 heteroatoms. The summed E-state index contributed by atoms with van der Waals surface area (Å²) in [6, 6.07) is 10.7. The average Bonchev–Trinajstić information content (AvgIpc) is 2.72. The first-order valence-electron chi connectivity index (χ1n) is 9.02. The summed E-state index contributed by atoms with van der Waals surface area (Å²) >= 11 is 0. The predicted molar refractivity (Wildman–Crippen MR) is 102 cm³/mol. The van der Waals surface area contributed by atoms with Crippen LogP contribution in [0.15, 0.2) is 53.4 Å². The number of halogens is 4. The van der Waals surface area contributed by atoms with Gasteiger partial charge in [-0.05, 0) is 30.3 Å². The van der Waals surface area contributed by atoms with Gasteiger partial charge in [0.2, 0.25) is 15.9 Å². The van der Waals surface area contributed by atoms with Crippen LogP contribution in [-0.4, -0.2) is 51.9 Å². The fourth-order valence-corrected chi connectivity index (χ4v) is 4.16. The number of nitrogens with zero attached hydrogens (tertiary/aromatic N) is 2. The first-order valence-corrected chi connectivity index (χ1v) is 10.5. The number of nitrogens with one attached hydrogen (secondary N) is 1. The smallest absolute Gasteiger partial charge is 0.368 e. The Morgan fingerprint density at radius 1 is 1.00 bits per heavy atom. The van der Waals surface area contributed by atoms with Crippen LogP contribution < -0.4 is 9.62 Å². The summed E-state index contributed by atoms with van der Waals surface area (Å²) in [5.74, 6) is -1.88. The molecule has 6 nitrogen and oxygen atoms in total. The van der Waals surface area contributed by atoms with Crippen LogP contribution in [0.2, 0.25) is 0 Å². The molecule has 0 aromatic heterocycles. The third kappa shape index (κ3) is 5.08. The fraction of sp³-hybridized carbons (Fsp3) is 0.316. The normalized spacial score (nSPS) is 15.3. The van der Waals surface area contributed by atoms with E-state index in [2.05, 4.69) is 4.90 Å². The second kappa shape index (κ2) is 8.60. The van der Waals surface area contributed by atoms with E-state index in [1.54, 1.807) is 0 Å². The summed E-state index contributed by atoms with van der Waals surface area (Å²) in [7, 11) is -4.64. The second-order valence-electron chi connectivity index (χ2n) is 6.67. The van der Waals surface area contributed by atoms with Crippen molar-refractivity contribution in [1.29, 1.82) is 0 Å². The number of rotatable bonds is 5. The van der Waals surface area contributed by atoms with Crippen molar-refractivity contribution >= 4 is 21.6 Å². The highest BCUT2D eigenvalue weighted by Gasteiger charge is 2.33. The van der Waals surface area contributed by atoms with Crippen molar-refractivity contribution in [2.45, 2.75) is 11.1 Å². The molecular weight excluding hydrogens is 426 g/mol. The number of carbonyl (C=O) groups excluding carboxylic acids is 1. The Morgan fingerprint density at radius 3 is 2.23 bits per heavy atom. The standard InChI is InChI=1S/C19H19F4N3O3S/c20-16-7-6-14(19(21,22)23)12-17(16)30(28,29)24-13-18(27)26-10-8-25(9-11-26)15-4-2-1-3-5-15/h1-7,12,24H,8-11,13H2. The fourth-order valence-electron chi connectivity index (χ4n) is 3.08. The van der Waals surface area contributed by atoms with Gasteiger partial charge in [0.1, 0.15) is 10.7 Å². The predicted octanol–water partition coefficient (Wildman–Crippen LogP) is 2.47. The molecule has 30 heavy (non-hydrogen) atoms. The van der Waals surface area contributed by atoms with Crippen LogP contribution >= 0.6 is 0 Å². The number of benzene rings is 2. The average molecular weight is 445 g/mol. The van der Waals surface area contributed by atoms with Crippen molar-refractivity contribution in [3.05, 3.63) is 59.9 Å². The van der Waals surface area contributed by atoms with Crippen LogP contribution in [0.1, 0.15) is 5.56 Å². The number of para-hydroxylation sites is 1. The lowest BCUT2D eigenvalue weighted by atomic mass is 10.2. The maximum absolute atomic E-state index is 13.8. The van der Waals surface area contributed by atoms with Crippen LogP contribution in [0, 0.1) is 5.82 Å². The van der Waals surface area contributed by atoms with Gasteiger partial charge >= 0.3 is 6.18 Å². The van der Waals surface area contributed by atoms with Gasteiger partial charge in [-0.15, -0.1) is 0 Å². The van der Waals surface area contributed by atoms with Crippen LogP contribution in [0.3, 0.4) is 0 Å². The number of hydrogen-bond donors (Lipinski definition) is 1. The number of carbonyl (C=O) groups is 1. The number of alkyl halides is 3. The summed E-state index contributed by atoms with van der Waals surface area (Å²) in [6.45, 7) is 1.12. The molecule has 0 atom stereocenters. The van der Waals surface area contributed by atoms with Crippen molar-refractivity contribution in [2.24, 2.45) is 0 Å². The Balaban J connectivity index is 1.61. The van der Waals surface area contributed by atoms with E-state index in [1.165, 1.54) is 4.90 Å². The van der Waals surface area contributed by atoms with Gasteiger partial charge in [0, 0.05) is 31.9 Å². The van der Waals surface area contributed by atoms with E-state index in [0.29, 0.717) is 38.3 Å². The maximum atomic E-state index is 13.8. The minimum absolute atomic E-state index is 0.209. The van der Waals surface area contributed by atoms with Gasteiger partial charge in [-0.3, -0.25) is 4.79 Å². The molecule has 1 saturated heterocycles. The molecule has 0 spiro atoms. The quantitative estimate of drug-likeness (QED) is 0.718. The first kappa shape index (κ1) is 22.0. The minimum atomic E-state index is -4.83. The lowest BCUT2D eigenvalue weighted by Crippen LogP contribution is -2.51. The van der Waals surface area contributed by atoms with Gasteiger partial charge in [-0.1, -0.05) is 18.2 Å². The lowest BCUT2D eigenvalue weighted by Gasteiger charge is -2.36. The van der Waals surface area contributed by atoms with Gasteiger partial charge in [-0.2, -0.15) is 13.2 Å². The maximum Gasteiger partial charge on any atom is 0.416 e. The van der Waals surface area contributed by atoms with Crippen molar-refractivity contribution < 1.29 is 30.8 Å². The topological polar surface area (TPSA) is 69.7 Å². The molecule has 2 aromatic carbocycles. The monoisotopic (exact) mass is 445 g/mol. The third-order valence-corrected chi connectivity index (χ3v) is 6.13. The zero-order valence-electron chi connectivity index (χ0n) is 15.7. The highest BCUT2D eigenvalue weighted by Crippen LogP contribution is 2.31. The minimum Gasteiger partial charge on any atom is -0.368 e. The van der Waals surface area contributed by atoms with Gasteiger partial charge in [0.25, 0.3) is 0 Å². The molecule has 1 fully saturated rings. The molecule has 0 radical (unpaired) electrons. The van der Waals surface area contributed by atoms with E-state index in [4.69, 9.17) is 0 Å². The van der Waals surface area contributed by atoms with Crippen molar-refractivity contribution in [3.8, 4) is 0 Å². The molecule has 1 aliphatic heterocycles. The molecule has 0 aliphatic carbocycles. The summed E-state index contributed by atoms with van der Waals surface area (Å²) in [5.41, 5.74) is -0.294. The van der Waals surface area contributed by atoms with E-state index in [-0.39, 0.29) is 6.07 Å². The lowest BCUT2D eigenvalue weighted by molar-refractivity contribution is -0.137. The Bertz CT molecular complexity index is 1010. The molecule has 1 heterocycles. The Kier molecular flexibility index (Phi) is 6.32. The van der Waals surface area contributed by atoms with Gasteiger partial charge in [0.05, 0.1) is 12.1 Å². The summed E-state index contributed by atoms with van der Waals surface area (Å²) in [5, 5.41) is 0. The first-order chi connectivity index (χ1) is 14.1. The molecule has 2 aromatic rings. The molecule has 0 unspecified atom stereocenters. The number of amides is 1. The Hall–Kier alpha value is -2.66. The van der Waals surface area contributed by atoms with E-state index in [0.717, 1.165) is 5.69 Å². The molecule has 162 valence electrons. The van der Waals surface area contributed by atoms with Crippen LogP contribution in [0.25, 0.3) is 0 Å². The molecule has 1 N–H and O–H groups in total. The SMILES string of the molecule is O=C(CNS(=O)(=O)c1cc(C(F)(F)F)ccc1F)N1CCN(c2ccccc2)CC1. The molecule has 3 rings (SSSR count). The van der Waals surface area contributed by atoms with E-state index >= 15 is 0 Å². The highest BCUT2D eigenvalue weighted by molar-refractivity contribution is 7.89. The van der Waals surface area contributed by atoms with Crippen LogP contribution in [0.4, 0.5) is 23.2 Å². The van der Waals surface area contributed by atoms with Gasteiger partial charge < -0.3 is 9.80 Å². The third-order valence-electron chi connectivity index (χ3n) is 4.72. The Labute approximate surface area is 171 Å². The summed E-state index contributed by atoms with van der Waals surface area (Å²) in [4.78, 5) is 14.7. The zero-order chi connectivity index (χ0) is 21.9. The highest BCUT2D eigenvalue weighted by atomic mass is 32.2. The molecular formula is C19H19F4N3O3S. The number of anilines is 1. The van der Waals surface area contributed by atoms with Crippen molar-refractivity contribution in [3.63, 3.8) is 0 Å². The molecule has 1 aliphatic rings. The second-order valence-corrected chi connectivity index (χ2v) is 8.41. The van der Waals surface area contributed by atoms with E-state index in [1.807, 2.05) is 35.1 Å². The van der Waals surface area contributed by atoms with Crippen molar-refractivity contribution in [2.75, 3.05) is 37.6 Å². The number of piperazine rings is 1. The van der Waals surface area contributed by atoms with Crippen molar-refractivity contribution in [1.82, 2.24) is 9.62 Å².